The standard InChI is InChI=1S/C35H37ClN2O7S2/c1-3-43-26-9-10-27(28(36)22-26)23-7-11-29(45-18-16-37-13-4-5-14-37)25(19-23)21-32-33(39)38(35(46)47-32)15-6-17-44-30-12-8-24(34(40)41)20-31(30)42-2/h7-12,19-22H,3-6,13-18H2,1-2H3,(H,40,41)/b32-21-. The molecular formula is C35H37ClN2O7S2. The van der Waals surface area contributed by atoms with Gasteiger partial charge in [-0.3, -0.25) is 14.6 Å². The van der Waals surface area contributed by atoms with Crippen LogP contribution in [0.4, 0.5) is 0 Å². The van der Waals surface area contributed by atoms with Crippen LogP contribution in [0.3, 0.4) is 0 Å². The molecule has 3 aromatic rings. The zero-order valence-corrected chi connectivity index (χ0v) is 28.7. The molecular weight excluding hydrogens is 660 g/mol. The topological polar surface area (TPSA) is 97.8 Å². The molecule has 2 aliphatic rings. The summed E-state index contributed by atoms with van der Waals surface area (Å²) in [5, 5.41) is 9.78. The van der Waals surface area contributed by atoms with Crippen molar-refractivity contribution in [1.29, 1.82) is 0 Å². The zero-order chi connectivity index (χ0) is 33.3. The van der Waals surface area contributed by atoms with E-state index in [-0.39, 0.29) is 18.1 Å². The highest BCUT2D eigenvalue weighted by atomic mass is 35.5. The van der Waals surface area contributed by atoms with E-state index in [0.717, 1.165) is 36.3 Å². The molecule has 2 saturated heterocycles. The third-order valence-electron chi connectivity index (χ3n) is 7.79. The minimum absolute atomic E-state index is 0.104. The summed E-state index contributed by atoms with van der Waals surface area (Å²) in [6.07, 6.45) is 4.76. The summed E-state index contributed by atoms with van der Waals surface area (Å²) in [5.41, 5.74) is 2.59. The zero-order valence-electron chi connectivity index (χ0n) is 26.3. The maximum Gasteiger partial charge on any atom is 0.335 e. The van der Waals surface area contributed by atoms with Crippen LogP contribution in [-0.4, -0.2) is 84.2 Å². The fraction of sp³-hybridized carbons (Fsp3) is 0.343. The second-order valence-corrected chi connectivity index (χ2v) is 13.0. The van der Waals surface area contributed by atoms with Crippen LogP contribution in [0, 0.1) is 0 Å². The van der Waals surface area contributed by atoms with Gasteiger partial charge in [0.15, 0.2) is 11.5 Å². The van der Waals surface area contributed by atoms with Crippen molar-refractivity contribution in [2.75, 3.05) is 53.1 Å². The Hall–Kier alpha value is -3.77. The van der Waals surface area contributed by atoms with E-state index in [1.165, 1.54) is 43.8 Å². The Morgan fingerprint density at radius 3 is 2.47 bits per heavy atom. The van der Waals surface area contributed by atoms with Gasteiger partial charge in [0.25, 0.3) is 5.91 Å². The number of ether oxygens (including phenoxy) is 4. The predicted molar refractivity (Wildman–Crippen MR) is 189 cm³/mol. The largest absolute Gasteiger partial charge is 0.494 e. The minimum Gasteiger partial charge on any atom is -0.494 e. The highest BCUT2D eigenvalue weighted by Crippen LogP contribution is 2.38. The van der Waals surface area contributed by atoms with Crippen LogP contribution < -0.4 is 18.9 Å². The van der Waals surface area contributed by atoms with Crippen LogP contribution >= 0.6 is 35.6 Å². The first-order valence-corrected chi connectivity index (χ1v) is 17.1. The van der Waals surface area contributed by atoms with Gasteiger partial charge in [-0.05, 0) is 99.4 Å². The number of likely N-dealkylation sites (tertiary alicyclic amines) is 1. The van der Waals surface area contributed by atoms with E-state index >= 15 is 0 Å². The number of thioether (sulfide) groups is 1. The number of benzene rings is 3. The fourth-order valence-electron chi connectivity index (χ4n) is 5.40. The number of carboxylic acids is 1. The molecule has 47 heavy (non-hydrogen) atoms. The average molecular weight is 697 g/mol. The molecule has 0 saturated carbocycles. The van der Waals surface area contributed by atoms with Gasteiger partial charge in [-0.1, -0.05) is 41.6 Å². The summed E-state index contributed by atoms with van der Waals surface area (Å²) in [5.74, 6) is 0.892. The molecule has 12 heteroatoms. The minimum atomic E-state index is -1.05. The van der Waals surface area contributed by atoms with Gasteiger partial charge in [0.05, 0.1) is 35.8 Å². The molecule has 5 rings (SSSR count). The van der Waals surface area contributed by atoms with Crippen LogP contribution in [0.5, 0.6) is 23.0 Å². The number of amides is 1. The molecule has 0 radical (unpaired) electrons. The van der Waals surface area contributed by atoms with Gasteiger partial charge >= 0.3 is 5.97 Å². The van der Waals surface area contributed by atoms with Crippen molar-refractivity contribution < 1.29 is 33.6 Å². The maximum absolute atomic E-state index is 13.5. The maximum atomic E-state index is 13.5. The van der Waals surface area contributed by atoms with Crippen molar-refractivity contribution in [3.63, 3.8) is 0 Å². The molecule has 0 aliphatic carbocycles. The lowest BCUT2D eigenvalue weighted by molar-refractivity contribution is -0.122. The van der Waals surface area contributed by atoms with Gasteiger partial charge in [-0.25, -0.2) is 4.79 Å². The molecule has 3 aromatic carbocycles. The van der Waals surface area contributed by atoms with E-state index in [1.54, 1.807) is 17.0 Å². The third-order valence-corrected chi connectivity index (χ3v) is 9.48. The Labute approximate surface area is 289 Å². The quantitative estimate of drug-likeness (QED) is 0.0994. The van der Waals surface area contributed by atoms with Crippen LogP contribution in [-0.2, 0) is 4.79 Å². The lowest BCUT2D eigenvalue weighted by atomic mass is 10.0. The number of methoxy groups -OCH3 is 1. The SMILES string of the molecule is CCOc1ccc(-c2ccc(OCCN3CCCC3)c(/C=C3\SC(=S)N(CCCOc4ccc(C(=O)O)cc4OC)C3=O)c2)c(Cl)c1. The Bertz CT molecular complexity index is 1660. The molecule has 0 unspecified atom stereocenters. The van der Waals surface area contributed by atoms with E-state index < -0.39 is 5.97 Å². The molecule has 0 spiro atoms. The monoisotopic (exact) mass is 696 g/mol. The van der Waals surface area contributed by atoms with E-state index in [1.807, 2.05) is 43.3 Å². The van der Waals surface area contributed by atoms with Crippen molar-refractivity contribution in [3.8, 4) is 34.1 Å². The van der Waals surface area contributed by atoms with E-state index in [2.05, 4.69) is 4.90 Å². The molecule has 0 bridgehead atoms. The van der Waals surface area contributed by atoms with Gasteiger partial charge in [0.2, 0.25) is 0 Å². The highest BCUT2D eigenvalue weighted by Gasteiger charge is 2.32. The van der Waals surface area contributed by atoms with E-state index in [9.17, 15) is 14.7 Å². The summed E-state index contributed by atoms with van der Waals surface area (Å²) in [7, 11) is 1.45. The normalized spacial score (nSPS) is 15.8. The number of thiocarbonyl (C=S) groups is 1. The van der Waals surface area contributed by atoms with Crippen LogP contribution in [0.1, 0.15) is 42.1 Å². The Kier molecular flexibility index (Phi) is 12.0. The summed E-state index contributed by atoms with van der Waals surface area (Å²) < 4.78 is 23.4. The van der Waals surface area contributed by atoms with Crippen molar-refractivity contribution in [3.05, 3.63) is 75.7 Å². The lowest BCUT2D eigenvalue weighted by Crippen LogP contribution is -2.30. The second kappa shape index (κ2) is 16.4. The second-order valence-electron chi connectivity index (χ2n) is 10.9. The molecule has 2 heterocycles. The molecule has 1 N–H and O–H groups in total. The van der Waals surface area contributed by atoms with Crippen molar-refractivity contribution in [2.24, 2.45) is 0 Å². The van der Waals surface area contributed by atoms with Crippen LogP contribution in [0.25, 0.3) is 17.2 Å². The molecule has 2 aliphatic heterocycles. The van der Waals surface area contributed by atoms with E-state index in [0.29, 0.717) is 63.4 Å². The molecule has 1 amide bonds. The number of halogens is 1. The number of rotatable bonds is 15. The molecule has 0 atom stereocenters. The van der Waals surface area contributed by atoms with E-state index in [4.69, 9.17) is 42.8 Å². The average Bonchev–Trinajstić information content (AvgIpc) is 3.67. The van der Waals surface area contributed by atoms with Gasteiger partial charge in [0, 0.05) is 24.2 Å². The lowest BCUT2D eigenvalue weighted by Gasteiger charge is -2.17. The first-order valence-electron chi connectivity index (χ1n) is 15.5. The van der Waals surface area contributed by atoms with Crippen molar-refractivity contribution in [2.45, 2.75) is 26.2 Å². The predicted octanol–water partition coefficient (Wildman–Crippen LogP) is 7.26. The van der Waals surface area contributed by atoms with Crippen LogP contribution in [0.2, 0.25) is 5.02 Å². The summed E-state index contributed by atoms with van der Waals surface area (Å²) in [6.45, 7) is 6.66. The molecule has 248 valence electrons. The number of carbonyl (C=O) groups is 2. The number of aromatic carboxylic acids is 1. The van der Waals surface area contributed by atoms with Crippen LogP contribution in [0.15, 0.2) is 59.5 Å². The van der Waals surface area contributed by atoms with Crippen molar-refractivity contribution >= 4 is 57.9 Å². The Morgan fingerprint density at radius 2 is 1.74 bits per heavy atom. The van der Waals surface area contributed by atoms with Crippen molar-refractivity contribution in [1.82, 2.24) is 9.80 Å². The first kappa shape index (κ1) is 34.6. The number of hydrogen-bond acceptors (Lipinski definition) is 9. The smallest absolute Gasteiger partial charge is 0.335 e. The number of hydrogen-bond donors (Lipinski definition) is 1. The first-order chi connectivity index (χ1) is 22.8. The summed E-state index contributed by atoms with van der Waals surface area (Å²) in [4.78, 5) is 29.3. The third kappa shape index (κ3) is 8.78. The van der Waals surface area contributed by atoms with Gasteiger partial charge in [-0.2, -0.15) is 0 Å². The molecule has 2 fully saturated rings. The van der Waals surface area contributed by atoms with Gasteiger partial charge < -0.3 is 24.1 Å². The number of nitrogens with zero attached hydrogens (tertiary/aromatic N) is 2. The fourth-order valence-corrected chi connectivity index (χ4v) is 6.98. The van der Waals surface area contributed by atoms with Gasteiger partial charge in [-0.15, -0.1) is 0 Å². The summed E-state index contributed by atoms with van der Waals surface area (Å²) in [6, 6.07) is 15.9. The Morgan fingerprint density at radius 1 is 0.979 bits per heavy atom. The molecule has 0 aromatic heterocycles. The number of carboxylic acid groups (broad SMARTS) is 1. The Balaban J connectivity index is 1.30. The number of carbonyl (C=O) groups excluding carboxylic acids is 1. The summed E-state index contributed by atoms with van der Waals surface area (Å²) >= 11 is 13.5. The highest BCUT2D eigenvalue weighted by molar-refractivity contribution is 8.26. The van der Waals surface area contributed by atoms with Gasteiger partial charge in [0.1, 0.15) is 22.4 Å². The molecule has 9 nitrogen and oxygen atoms in total.